The van der Waals surface area contributed by atoms with Gasteiger partial charge in [0, 0.05) is 39.3 Å². The van der Waals surface area contributed by atoms with Crippen LogP contribution in [0.4, 0.5) is 26.3 Å². The Morgan fingerprint density at radius 1 is 0.970 bits per heavy atom. The molecule has 1 aromatic rings. The summed E-state index contributed by atoms with van der Waals surface area (Å²) in [5, 5.41) is 3.57. The molecule has 1 aromatic carbocycles. The van der Waals surface area contributed by atoms with E-state index in [2.05, 4.69) is 18.8 Å². The van der Waals surface area contributed by atoms with Gasteiger partial charge >= 0.3 is 12.4 Å². The van der Waals surface area contributed by atoms with Gasteiger partial charge in [-0.1, -0.05) is 19.9 Å². The number of nitrogens with zero attached hydrogens (tertiary/aromatic N) is 2. The number of benzene rings is 1. The molecule has 0 heterocycles. The fourth-order valence-corrected chi connectivity index (χ4v) is 4.37. The van der Waals surface area contributed by atoms with Crippen LogP contribution in [0.2, 0.25) is 0 Å². The van der Waals surface area contributed by atoms with Gasteiger partial charge < -0.3 is 15.1 Å². The summed E-state index contributed by atoms with van der Waals surface area (Å²) in [5.41, 5.74) is -2.68. The van der Waals surface area contributed by atoms with E-state index in [0.717, 1.165) is 37.4 Å². The van der Waals surface area contributed by atoms with Crippen molar-refractivity contribution in [3.8, 4) is 0 Å². The average Bonchev–Trinajstić information content (AvgIpc) is 2.75. The Hall–Kier alpha value is -1.90. The van der Waals surface area contributed by atoms with Crippen LogP contribution in [0.1, 0.15) is 62.6 Å². The van der Waals surface area contributed by atoms with E-state index in [1.807, 2.05) is 11.8 Å². The number of hydrogen-bond donors (Lipinski definition) is 1. The zero-order chi connectivity index (χ0) is 24.8. The molecule has 2 rings (SSSR count). The molecular weight excluding hydrogens is 444 g/mol. The highest BCUT2D eigenvalue weighted by Gasteiger charge is 2.37. The van der Waals surface area contributed by atoms with Crippen molar-refractivity contribution in [3.05, 3.63) is 47.3 Å². The number of rotatable bonds is 10. The molecule has 0 bridgehead atoms. The zero-order valence-electron chi connectivity index (χ0n) is 19.6. The first kappa shape index (κ1) is 27.3. The molecule has 9 heteroatoms. The highest BCUT2D eigenvalue weighted by atomic mass is 19.4. The minimum absolute atomic E-state index is 0.0670. The van der Waals surface area contributed by atoms with Crippen LogP contribution < -0.4 is 5.32 Å². The molecule has 0 aliphatic heterocycles. The topological polar surface area (TPSA) is 18.5 Å². The predicted octanol–water partition coefficient (Wildman–Crippen LogP) is 6.51. The Morgan fingerprint density at radius 3 is 1.97 bits per heavy atom. The van der Waals surface area contributed by atoms with E-state index in [9.17, 15) is 26.3 Å². The van der Waals surface area contributed by atoms with Crippen LogP contribution in [-0.4, -0.2) is 42.5 Å². The minimum Gasteiger partial charge on any atom is -0.358 e. The van der Waals surface area contributed by atoms with E-state index in [1.165, 1.54) is 19.3 Å². The largest absolute Gasteiger partial charge is 0.416 e. The molecule has 0 amide bonds. The third-order valence-corrected chi connectivity index (χ3v) is 6.49. The second-order valence-corrected chi connectivity index (χ2v) is 8.85. The first-order valence-electron chi connectivity index (χ1n) is 11.5. The molecule has 1 aliphatic carbocycles. The molecule has 1 saturated carbocycles. The van der Waals surface area contributed by atoms with Gasteiger partial charge in [-0.05, 0) is 62.3 Å². The SMILES string of the molecule is C=C(N(C)Cc1cc(C(F)(F)F)cc(C(F)(F)F)c1)N(CC)CCNC1CCC(CC)CC1. The van der Waals surface area contributed by atoms with Crippen LogP contribution in [0.3, 0.4) is 0 Å². The Labute approximate surface area is 192 Å². The van der Waals surface area contributed by atoms with Crippen LogP contribution in [0.15, 0.2) is 30.6 Å². The van der Waals surface area contributed by atoms with Crippen molar-refractivity contribution in [1.82, 2.24) is 15.1 Å². The molecule has 0 saturated heterocycles. The zero-order valence-corrected chi connectivity index (χ0v) is 19.6. The van der Waals surface area contributed by atoms with Gasteiger partial charge in [-0.15, -0.1) is 0 Å². The second kappa shape index (κ2) is 11.5. The predicted molar refractivity (Wildman–Crippen MR) is 118 cm³/mol. The average molecular weight is 480 g/mol. The summed E-state index contributed by atoms with van der Waals surface area (Å²) in [4.78, 5) is 3.56. The van der Waals surface area contributed by atoms with E-state index in [4.69, 9.17) is 0 Å². The standard InChI is InChI=1S/C24H35F6N3/c1-5-18-7-9-22(10-8-18)31-11-12-33(6-2)17(3)32(4)16-19-13-20(23(25,26)27)15-21(14-19)24(28,29)30/h13-15,18,22,31H,3,5-12,16H2,1-2,4H3. The third-order valence-electron chi connectivity index (χ3n) is 6.49. The number of halogens is 6. The van der Waals surface area contributed by atoms with E-state index in [-0.39, 0.29) is 18.2 Å². The van der Waals surface area contributed by atoms with Crippen LogP contribution in [0.25, 0.3) is 0 Å². The van der Waals surface area contributed by atoms with Crippen LogP contribution in [0.5, 0.6) is 0 Å². The summed E-state index contributed by atoms with van der Waals surface area (Å²) in [6.45, 7) is 10.1. The maximum atomic E-state index is 13.1. The van der Waals surface area contributed by atoms with E-state index in [1.54, 1.807) is 11.9 Å². The normalized spacial score (nSPS) is 19.4. The summed E-state index contributed by atoms with van der Waals surface area (Å²) < 4.78 is 78.8. The maximum absolute atomic E-state index is 13.1. The summed E-state index contributed by atoms with van der Waals surface area (Å²) in [6, 6.07) is 2.17. The van der Waals surface area contributed by atoms with Crippen molar-refractivity contribution in [2.24, 2.45) is 5.92 Å². The smallest absolute Gasteiger partial charge is 0.358 e. The van der Waals surface area contributed by atoms with Gasteiger partial charge in [-0.3, -0.25) is 0 Å². The van der Waals surface area contributed by atoms with Gasteiger partial charge in [-0.2, -0.15) is 26.3 Å². The van der Waals surface area contributed by atoms with Crippen molar-refractivity contribution in [1.29, 1.82) is 0 Å². The molecule has 188 valence electrons. The van der Waals surface area contributed by atoms with Gasteiger partial charge in [0.15, 0.2) is 0 Å². The molecule has 0 unspecified atom stereocenters. The van der Waals surface area contributed by atoms with E-state index in [0.29, 0.717) is 25.0 Å². The molecule has 0 aromatic heterocycles. The molecule has 33 heavy (non-hydrogen) atoms. The fourth-order valence-electron chi connectivity index (χ4n) is 4.37. The van der Waals surface area contributed by atoms with Crippen molar-refractivity contribution in [2.75, 3.05) is 26.7 Å². The maximum Gasteiger partial charge on any atom is 0.416 e. The van der Waals surface area contributed by atoms with Crippen LogP contribution in [0, 0.1) is 5.92 Å². The molecule has 0 spiro atoms. The quantitative estimate of drug-likeness (QED) is 0.386. The first-order valence-corrected chi connectivity index (χ1v) is 11.5. The lowest BCUT2D eigenvalue weighted by atomic mass is 9.84. The molecule has 1 aliphatic rings. The first-order chi connectivity index (χ1) is 15.3. The third kappa shape index (κ3) is 8.12. The lowest BCUT2D eigenvalue weighted by Gasteiger charge is -2.34. The summed E-state index contributed by atoms with van der Waals surface area (Å²) >= 11 is 0. The van der Waals surface area contributed by atoms with Crippen molar-refractivity contribution in [3.63, 3.8) is 0 Å². The van der Waals surface area contributed by atoms with Gasteiger partial charge in [-0.25, -0.2) is 0 Å². The summed E-state index contributed by atoms with van der Waals surface area (Å²) in [6.07, 6.45) is -3.72. The van der Waals surface area contributed by atoms with Gasteiger partial charge in [0.2, 0.25) is 0 Å². The highest BCUT2D eigenvalue weighted by molar-refractivity contribution is 5.33. The fraction of sp³-hybridized carbons (Fsp3) is 0.667. The van der Waals surface area contributed by atoms with Gasteiger partial charge in [0.05, 0.1) is 16.9 Å². The van der Waals surface area contributed by atoms with Crippen LogP contribution in [-0.2, 0) is 18.9 Å². The minimum atomic E-state index is -4.86. The monoisotopic (exact) mass is 479 g/mol. The van der Waals surface area contributed by atoms with Gasteiger partial charge in [0.25, 0.3) is 0 Å². The van der Waals surface area contributed by atoms with Crippen molar-refractivity contribution >= 4 is 0 Å². The molecule has 0 radical (unpaired) electrons. The molecule has 1 fully saturated rings. The number of hydrogen-bond acceptors (Lipinski definition) is 3. The van der Waals surface area contributed by atoms with Crippen LogP contribution >= 0.6 is 0 Å². The summed E-state index contributed by atoms with van der Waals surface area (Å²) in [5.74, 6) is 1.37. The van der Waals surface area contributed by atoms with Gasteiger partial charge in [0.1, 0.15) is 0 Å². The molecule has 1 N–H and O–H groups in total. The molecule has 3 nitrogen and oxygen atoms in total. The molecular formula is C24H35F6N3. The number of likely N-dealkylation sites (N-methyl/N-ethyl adjacent to an activating group) is 1. The molecule has 0 atom stereocenters. The Kier molecular flexibility index (Phi) is 9.52. The lowest BCUT2D eigenvalue weighted by molar-refractivity contribution is -0.143. The van der Waals surface area contributed by atoms with Crippen molar-refractivity contribution in [2.45, 2.75) is 70.9 Å². The lowest BCUT2D eigenvalue weighted by Crippen LogP contribution is -2.40. The number of alkyl halides is 6. The Bertz CT molecular complexity index is 734. The highest BCUT2D eigenvalue weighted by Crippen LogP contribution is 2.36. The van der Waals surface area contributed by atoms with E-state index >= 15 is 0 Å². The Morgan fingerprint density at radius 2 is 1.52 bits per heavy atom. The number of nitrogens with one attached hydrogen (secondary N) is 1. The van der Waals surface area contributed by atoms with Crippen molar-refractivity contribution < 1.29 is 26.3 Å². The Balaban J connectivity index is 1.98. The van der Waals surface area contributed by atoms with E-state index < -0.39 is 23.5 Å². The summed E-state index contributed by atoms with van der Waals surface area (Å²) in [7, 11) is 1.62. The second-order valence-electron chi connectivity index (χ2n) is 8.85.